The third-order valence-corrected chi connectivity index (χ3v) is 9.13. The topological polar surface area (TPSA) is 128 Å². The van der Waals surface area contributed by atoms with Crippen LogP contribution < -0.4 is 5.73 Å². The average Bonchev–Trinajstić information content (AvgIpc) is 3.11. The van der Waals surface area contributed by atoms with Crippen LogP contribution in [0.5, 0.6) is 0 Å². The lowest BCUT2D eigenvalue weighted by Gasteiger charge is -2.15. The zero-order valence-electron chi connectivity index (χ0n) is 31.6. The number of aliphatic hydroxyl groups excluding tert-OH is 1. The van der Waals surface area contributed by atoms with Gasteiger partial charge in [-0.3, -0.25) is 13.8 Å². The van der Waals surface area contributed by atoms with E-state index in [-0.39, 0.29) is 25.7 Å². The molecule has 4 N–H and O–H groups in total. The Kier molecular flexibility index (Phi) is 37.0. The Morgan fingerprint density at radius 1 is 0.600 bits per heavy atom. The van der Waals surface area contributed by atoms with E-state index in [0.717, 1.165) is 51.4 Å². The molecule has 2 atom stereocenters. The number of esters is 1. The van der Waals surface area contributed by atoms with E-state index in [2.05, 4.69) is 76.7 Å². The first kappa shape index (κ1) is 48.2. The summed E-state index contributed by atoms with van der Waals surface area (Å²) in [5.41, 5.74) is 5.20. The van der Waals surface area contributed by atoms with E-state index in [1.54, 1.807) is 0 Å². The molecule has 0 bridgehead atoms. The van der Waals surface area contributed by atoms with Crippen molar-refractivity contribution >= 4 is 13.8 Å². The molecule has 0 aliphatic carbocycles. The Hall–Kier alpha value is -1.80. The quantitative estimate of drug-likeness (QED) is 0.0250. The van der Waals surface area contributed by atoms with Crippen LogP contribution in [0.4, 0.5) is 0 Å². The molecule has 0 fully saturated rings. The predicted octanol–water partition coefficient (Wildman–Crippen LogP) is 11.1. The fourth-order valence-electron chi connectivity index (χ4n) is 5.25. The molecule has 0 saturated heterocycles. The van der Waals surface area contributed by atoms with E-state index in [9.17, 15) is 19.4 Å². The standard InChI is InChI=1S/C41H74NO7P/c1-2-3-4-5-6-7-8-9-10-11-12-13-14-15-16-17-18-19-20-21-22-23-24-25-26-27-28-29-30-31-32-33-34-35-41(44)47-38-40(43)39-49-50(45,46)48-37-36-42/h3-4,6-7,9-10,12-13,15-16,40,43H,2,5,8,11,14,17-39,42H2,1H3,(H,45,46)/b4-3-,7-6-,10-9-,13-12-,16-15-. The highest BCUT2D eigenvalue weighted by Crippen LogP contribution is 2.42. The average molecular weight is 724 g/mol. The molecule has 50 heavy (non-hydrogen) atoms. The number of phosphoric ester groups is 1. The lowest BCUT2D eigenvalue weighted by Crippen LogP contribution is -2.23. The Morgan fingerprint density at radius 3 is 1.44 bits per heavy atom. The molecule has 9 heteroatoms. The lowest BCUT2D eigenvalue weighted by molar-refractivity contribution is -0.147. The summed E-state index contributed by atoms with van der Waals surface area (Å²) in [5.74, 6) is -0.386. The monoisotopic (exact) mass is 724 g/mol. The first-order valence-corrected chi connectivity index (χ1v) is 21.3. The van der Waals surface area contributed by atoms with Crippen molar-refractivity contribution in [2.45, 2.75) is 167 Å². The van der Waals surface area contributed by atoms with Crippen LogP contribution >= 0.6 is 7.82 Å². The number of aliphatic hydroxyl groups is 1. The summed E-state index contributed by atoms with van der Waals surface area (Å²) in [7, 11) is -4.25. The molecule has 0 radical (unpaired) electrons. The zero-order valence-corrected chi connectivity index (χ0v) is 32.5. The minimum absolute atomic E-state index is 0.0733. The number of carbonyl (C=O) groups excluding carboxylic acids is 1. The van der Waals surface area contributed by atoms with Gasteiger partial charge in [0, 0.05) is 13.0 Å². The summed E-state index contributed by atoms with van der Waals surface area (Å²) < 4.78 is 25.7. The fraction of sp³-hybridized carbons (Fsp3) is 0.732. The molecule has 0 aromatic carbocycles. The molecule has 0 amide bonds. The second kappa shape index (κ2) is 38.4. The maximum atomic E-state index is 11.8. The summed E-state index contributed by atoms with van der Waals surface area (Å²) in [5, 5.41) is 9.76. The van der Waals surface area contributed by atoms with Crippen LogP contribution in [0, 0.1) is 0 Å². The minimum atomic E-state index is -4.25. The van der Waals surface area contributed by atoms with Crippen molar-refractivity contribution in [3.05, 3.63) is 60.8 Å². The van der Waals surface area contributed by atoms with Crippen molar-refractivity contribution in [1.29, 1.82) is 0 Å². The first-order chi connectivity index (χ1) is 24.4. The molecular weight excluding hydrogens is 649 g/mol. The van der Waals surface area contributed by atoms with E-state index in [1.807, 2.05) is 0 Å². The van der Waals surface area contributed by atoms with Gasteiger partial charge in [0.1, 0.15) is 12.7 Å². The minimum Gasteiger partial charge on any atom is -0.463 e. The van der Waals surface area contributed by atoms with Gasteiger partial charge >= 0.3 is 13.8 Å². The normalized spacial score (nSPS) is 14.2. The Balaban J connectivity index is 3.36. The highest BCUT2D eigenvalue weighted by molar-refractivity contribution is 7.47. The molecule has 0 rings (SSSR count). The van der Waals surface area contributed by atoms with Gasteiger partial charge in [-0.15, -0.1) is 0 Å². The number of phosphoric acid groups is 1. The number of hydrogen-bond acceptors (Lipinski definition) is 7. The van der Waals surface area contributed by atoms with Crippen LogP contribution in [0.2, 0.25) is 0 Å². The molecule has 8 nitrogen and oxygen atoms in total. The van der Waals surface area contributed by atoms with Crippen LogP contribution in [0.1, 0.15) is 161 Å². The lowest BCUT2D eigenvalue weighted by atomic mass is 10.0. The number of hydrogen-bond donors (Lipinski definition) is 3. The first-order valence-electron chi connectivity index (χ1n) is 19.8. The van der Waals surface area contributed by atoms with Gasteiger partial charge in [-0.05, 0) is 51.4 Å². The molecule has 290 valence electrons. The summed E-state index contributed by atoms with van der Waals surface area (Å²) in [6.07, 6.45) is 49.7. The summed E-state index contributed by atoms with van der Waals surface area (Å²) >= 11 is 0. The Morgan fingerprint density at radius 2 is 1.00 bits per heavy atom. The number of nitrogens with two attached hydrogens (primary N) is 1. The van der Waals surface area contributed by atoms with Crippen molar-refractivity contribution in [2.75, 3.05) is 26.4 Å². The van der Waals surface area contributed by atoms with Crippen LogP contribution in [0.3, 0.4) is 0 Å². The molecular formula is C41H74NO7P. The Labute approximate surface area is 306 Å². The summed E-state index contributed by atoms with van der Waals surface area (Å²) in [4.78, 5) is 21.2. The van der Waals surface area contributed by atoms with Crippen molar-refractivity contribution in [2.24, 2.45) is 5.73 Å². The number of carbonyl (C=O) groups is 1. The largest absolute Gasteiger partial charge is 0.472 e. The van der Waals surface area contributed by atoms with Crippen LogP contribution in [-0.2, 0) is 23.1 Å². The van der Waals surface area contributed by atoms with Crippen molar-refractivity contribution in [3.63, 3.8) is 0 Å². The second-order valence-electron chi connectivity index (χ2n) is 13.0. The van der Waals surface area contributed by atoms with Crippen LogP contribution in [0.15, 0.2) is 60.8 Å². The second-order valence-corrected chi connectivity index (χ2v) is 14.4. The molecule has 0 heterocycles. The third-order valence-electron chi connectivity index (χ3n) is 8.15. The molecule has 0 aromatic heterocycles. The van der Waals surface area contributed by atoms with Crippen LogP contribution in [0.25, 0.3) is 0 Å². The molecule has 0 aromatic rings. The highest BCUT2D eigenvalue weighted by Gasteiger charge is 2.22. The molecule has 2 unspecified atom stereocenters. The number of ether oxygens (including phenoxy) is 1. The van der Waals surface area contributed by atoms with E-state index >= 15 is 0 Å². The highest BCUT2D eigenvalue weighted by atomic mass is 31.2. The van der Waals surface area contributed by atoms with E-state index in [1.165, 1.54) is 96.3 Å². The number of allylic oxidation sites excluding steroid dienone is 10. The summed E-state index contributed by atoms with van der Waals surface area (Å²) in [6.45, 7) is 1.35. The SMILES string of the molecule is CC/C=C\C/C=C\C/C=C\C/C=C\C/C=C\CCCCCCCCCCCCCCCCCCCC(=O)OCC(O)COP(=O)(O)OCCN. The maximum Gasteiger partial charge on any atom is 0.472 e. The molecule has 0 aliphatic heterocycles. The van der Waals surface area contributed by atoms with E-state index < -0.39 is 20.5 Å². The van der Waals surface area contributed by atoms with Gasteiger partial charge < -0.3 is 20.5 Å². The maximum absolute atomic E-state index is 11.8. The number of rotatable bonds is 37. The molecule has 0 saturated carbocycles. The summed E-state index contributed by atoms with van der Waals surface area (Å²) in [6, 6.07) is 0. The van der Waals surface area contributed by atoms with Gasteiger partial charge in [0.2, 0.25) is 0 Å². The van der Waals surface area contributed by atoms with E-state index in [0.29, 0.717) is 6.42 Å². The molecule has 0 spiro atoms. The third kappa shape index (κ3) is 39.0. The van der Waals surface area contributed by atoms with E-state index in [4.69, 9.17) is 10.5 Å². The number of unbranched alkanes of at least 4 members (excludes halogenated alkanes) is 17. The molecule has 0 aliphatic rings. The Bertz CT molecular complexity index is 947. The van der Waals surface area contributed by atoms with Gasteiger partial charge in [0.25, 0.3) is 0 Å². The van der Waals surface area contributed by atoms with Crippen LogP contribution in [-0.4, -0.2) is 48.4 Å². The fourth-order valence-corrected chi connectivity index (χ4v) is 6.02. The van der Waals surface area contributed by atoms with Crippen molar-refractivity contribution in [1.82, 2.24) is 0 Å². The predicted molar refractivity (Wildman–Crippen MR) is 210 cm³/mol. The van der Waals surface area contributed by atoms with Crippen molar-refractivity contribution < 1.29 is 33.1 Å². The van der Waals surface area contributed by atoms with Gasteiger partial charge in [0.15, 0.2) is 0 Å². The van der Waals surface area contributed by atoms with Crippen molar-refractivity contribution in [3.8, 4) is 0 Å². The smallest absolute Gasteiger partial charge is 0.463 e. The van der Waals surface area contributed by atoms with Gasteiger partial charge in [-0.2, -0.15) is 0 Å². The van der Waals surface area contributed by atoms with Gasteiger partial charge in [-0.25, -0.2) is 4.57 Å². The van der Waals surface area contributed by atoms with Gasteiger partial charge in [0.05, 0.1) is 13.2 Å². The van der Waals surface area contributed by atoms with Gasteiger partial charge in [-0.1, -0.05) is 164 Å². The zero-order chi connectivity index (χ0) is 36.6.